The molecule has 4 aliphatic rings. The molecule has 5 heterocycles. The fourth-order valence-corrected chi connectivity index (χ4v) is 9.24. The zero-order valence-corrected chi connectivity index (χ0v) is 35.3. The highest BCUT2D eigenvalue weighted by atomic mass is 35.5. The molecule has 2 bridgehead atoms. The molecule has 4 aromatic carbocycles. The number of hydrogen-bond donors (Lipinski definition) is 5. The van der Waals surface area contributed by atoms with E-state index in [9.17, 15) is 23.6 Å². The van der Waals surface area contributed by atoms with Crippen LogP contribution in [0.4, 0.5) is 44.6 Å². The minimum absolute atomic E-state index is 0.00267. The molecule has 3 unspecified atom stereocenters. The molecule has 0 spiro atoms. The van der Waals surface area contributed by atoms with Crippen LogP contribution in [0.15, 0.2) is 103 Å². The van der Waals surface area contributed by atoms with Crippen LogP contribution in [0.25, 0.3) is 0 Å². The Kier molecular flexibility index (Phi) is 12.2. The number of para-hydroxylation sites is 1. The molecule has 0 aliphatic carbocycles. The number of rotatable bonds is 12. The number of likely N-dealkylation sites (tertiary alicyclic amines) is 2. The molecule has 63 heavy (non-hydrogen) atoms. The van der Waals surface area contributed by atoms with E-state index < -0.39 is 11.9 Å². The normalized spacial score (nSPS) is 20.3. The number of imide groups is 1. The summed E-state index contributed by atoms with van der Waals surface area (Å²) < 4.78 is 14.8. The summed E-state index contributed by atoms with van der Waals surface area (Å²) in [5.41, 5.74) is 4.71. The third kappa shape index (κ3) is 9.90. The van der Waals surface area contributed by atoms with E-state index in [1.807, 2.05) is 17.0 Å². The third-order valence-electron chi connectivity index (χ3n) is 12.4. The lowest BCUT2D eigenvalue weighted by Gasteiger charge is -2.37. The van der Waals surface area contributed by atoms with Crippen molar-refractivity contribution in [3.8, 4) is 0 Å². The molecule has 5 N–H and O–H groups in total. The van der Waals surface area contributed by atoms with Gasteiger partial charge in [0, 0.05) is 85.6 Å². The summed E-state index contributed by atoms with van der Waals surface area (Å²) in [6.45, 7) is 5.58. The third-order valence-corrected chi connectivity index (χ3v) is 12.7. The maximum Gasteiger partial charge on any atom is 0.255 e. The van der Waals surface area contributed by atoms with Crippen molar-refractivity contribution in [3.63, 3.8) is 0 Å². The van der Waals surface area contributed by atoms with Crippen molar-refractivity contribution < 1.29 is 23.6 Å². The van der Waals surface area contributed by atoms with Gasteiger partial charge in [-0.2, -0.15) is 4.98 Å². The first kappa shape index (κ1) is 41.8. The van der Waals surface area contributed by atoms with Gasteiger partial charge in [0.1, 0.15) is 6.04 Å². The number of fused-ring (bicyclic) bond motifs is 2. The number of hydrogen-bond acceptors (Lipinski definition) is 11. The van der Waals surface area contributed by atoms with E-state index in [0.717, 1.165) is 50.9 Å². The fourth-order valence-electron chi connectivity index (χ4n) is 9.06. The highest BCUT2D eigenvalue weighted by Crippen LogP contribution is 2.35. The van der Waals surface area contributed by atoms with Crippen LogP contribution in [0.3, 0.4) is 0 Å². The number of nitrogens with one attached hydrogen (secondary N) is 5. The molecule has 0 radical (unpaired) electrons. The molecule has 4 amide bonds. The summed E-state index contributed by atoms with van der Waals surface area (Å²) in [5.74, 6) is -0.196. The second-order valence-electron chi connectivity index (χ2n) is 16.8. The van der Waals surface area contributed by atoms with Gasteiger partial charge in [-0.05, 0) is 122 Å². The Balaban J connectivity index is 0.725. The van der Waals surface area contributed by atoms with Crippen molar-refractivity contribution in [2.45, 2.75) is 44.2 Å². The lowest BCUT2D eigenvalue weighted by Crippen LogP contribution is -2.47. The van der Waals surface area contributed by atoms with Crippen molar-refractivity contribution in [3.05, 3.63) is 125 Å². The Bertz CT molecular complexity index is 2480. The second kappa shape index (κ2) is 18.4. The van der Waals surface area contributed by atoms with E-state index in [0.29, 0.717) is 77.0 Å². The van der Waals surface area contributed by atoms with E-state index in [1.54, 1.807) is 72.8 Å². The Labute approximate surface area is 369 Å². The summed E-state index contributed by atoms with van der Waals surface area (Å²) >= 11 is 6.16. The predicted molar refractivity (Wildman–Crippen MR) is 241 cm³/mol. The Hall–Kier alpha value is -6.58. The molecular formula is C47H48ClFN10O4. The number of anilines is 7. The maximum absolute atomic E-state index is 14.8. The quantitative estimate of drug-likeness (QED) is 0.0801. The minimum atomic E-state index is -0.650. The number of halogens is 2. The van der Waals surface area contributed by atoms with Crippen LogP contribution in [-0.4, -0.2) is 94.7 Å². The van der Waals surface area contributed by atoms with Gasteiger partial charge in [-0.15, -0.1) is 0 Å². The highest BCUT2D eigenvalue weighted by Gasteiger charge is 2.40. The van der Waals surface area contributed by atoms with Crippen molar-refractivity contribution in [2.24, 2.45) is 11.8 Å². The molecule has 5 aromatic rings. The Morgan fingerprint density at radius 1 is 0.810 bits per heavy atom. The smallest absolute Gasteiger partial charge is 0.255 e. The van der Waals surface area contributed by atoms with Crippen LogP contribution in [0, 0.1) is 17.7 Å². The van der Waals surface area contributed by atoms with E-state index in [2.05, 4.69) is 58.5 Å². The van der Waals surface area contributed by atoms with Gasteiger partial charge in [0.15, 0.2) is 11.6 Å². The monoisotopic (exact) mass is 870 g/mol. The lowest BCUT2D eigenvalue weighted by atomic mass is 9.95. The number of benzene rings is 4. The van der Waals surface area contributed by atoms with Gasteiger partial charge < -0.3 is 31.1 Å². The van der Waals surface area contributed by atoms with Gasteiger partial charge >= 0.3 is 0 Å². The zero-order chi connectivity index (χ0) is 43.5. The van der Waals surface area contributed by atoms with Crippen molar-refractivity contribution >= 4 is 75.4 Å². The summed E-state index contributed by atoms with van der Waals surface area (Å²) in [6, 6.07) is 29.0. The lowest BCUT2D eigenvalue weighted by molar-refractivity contribution is -0.133. The standard InChI is InChI=1S/C47H48ClFN10O4/c48-38-3-1-2-4-40(38)54-44(61)31-5-9-34(10-6-31)52-43-39(49)24-50-47(56-43)53-35-11-7-32(8-12-35)46(63)57-21-19-29(20-22-57)25-58-26-30-23-37(58)28-59(27-30)36-15-13-33(14-16-36)51-41-17-18-42(60)55-45(41)62/h1-16,24,29-30,37,41,51H,17-23,25-28H2,(H,54,61)(H,55,60,62)(H2,50,52,53,56). The largest absolute Gasteiger partial charge is 0.374 e. The van der Waals surface area contributed by atoms with Crippen molar-refractivity contribution in [2.75, 3.05) is 65.4 Å². The van der Waals surface area contributed by atoms with Gasteiger partial charge in [0.25, 0.3) is 11.8 Å². The number of nitrogens with zero attached hydrogens (tertiary/aromatic N) is 5. The highest BCUT2D eigenvalue weighted by molar-refractivity contribution is 6.33. The number of carbonyl (C=O) groups excluding carboxylic acids is 4. The van der Waals surface area contributed by atoms with Gasteiger partial charge in [-0.1, -0.05) is 23.7 Å². The average molecular weight is 871 g/mol. The number of aromatic nitrogens is 2. The van der Waals surface area contributed by atoms with Gasteiger partial charge in [0.05, 0.1) is 16.9 Å². The summed E-state index contributed by atoms with van der Waals surface area (Å²) in [5, 5.41) is 14.9. The minimum Gasteiger partial charge on any atom is -0.374 e. The molecule has 4 saturated heterocycles. The Morgan fingerprint density at radius 2 is 1.51 bits per heavy atom. The van der Waals surface area contributed by atoms with E-state index in [-0.39, 0.29) is 35.4 Å². The SMILES string of the molecule is O=C1CCC(Nc2ccc(N3CC4CC(C3)N(CC3CCN(C(=O)c5ccc(Nc6ncc(F)c(Nc7ccc(C(=O)Nc8ccccc8Cl)cc7)n6)cc5)CC3)C4)cc2)C(=O)N1. The van der Waals surface area contributed by atoms with Crippen LogP contribution >= 0.6 is 11.6 Å². The summed E-state index contributed by atoms with van der Waals surface area (Å²) in [4.78, 5) is 65.5. The molecule has 3 atom stereocenters. The second-order valence-corrected chi connectivity index (χ2v) is 17.2. The average Bonchev–Trinajstić information content (AvgIpc) is 3.58. The number of piperidine rings is 3. The molecule has 4 aliphatic heterocycles. The molecule has 1 aromatic heterocycles. The fraction of sp³-hybridized carbons (Fsp3) is 0.319. The molecule has 324 valence electrons. The number of carbonyl (C=O) groups is 4. The summed E-state index contributed by atoms with van der Waals surface area (Å²) in [7, 11) is 0. The molecule has 16 heteroatoms. The number of amides is 4. The topological polar surface area (TPSA) is 164 Å². The summed E-state index contributed by atoms with van der Waals surface area (Å²) in [6.07, 6.45) is 5.05. The molecule has 14 nitrogen and oxygen atoms in total. The van der Waals surface area contributed by atoms with Crippen molar-refractivity contribution in [1.29, 1.82) is 0 Å². The predicted octanol–water partition coefficient (Wildman–Crippen LogP) is 7.29. The van der Waals surface area contributed by atoms with Crippen LogP contribution in [-0.2, 0) is 9.59 Å². The first-order valence-electron chi connectivity index (χ1n) is 21.4. The molecule has 9 rings (SSSR count). The van der Waals surface area contributed by atoms with Crippen LogP contribution in [0.1, 0.15) is 52.8 Å². The maximum atomic E-state index is 14.8. The van der Waals surface area contributed by atoms with E-state index >= 15 is 0 Å². The van der Waals surface area contributed by atoms with Gasteiger partial charge in [-0.3, -0.25) is 29.4 Å². The molecular weight excluding hydrogens is 823 g/mol. The Morgan fingerprint density at radius 3 is 2.24 bits per heavy atom. The van der Waals surface area contributed by atoms with Crippen LogP contribution in [0.5, 0.6) is 0 Å². The van der Waals surface area contributed by atoms with E-state index in [1.165, 1.54) is 12.1 Å². The van der Waals surface area contributed by atoms with Crippen molar-refractivity contribution in [1.82, 2.24) is 25.1 Å². The van der Waals surface area contributed by atoms with Crippen LogP contribution < -0.4 is 31.5 Å². The molecule has 4 fully saturated rings. The first-order valence-corrected chi connectivity index (χ1v) is 21.8. The first-order chi connectivity index (χ1) is 30.6. The van der Waals surface area contributed by atoms with Crippen LogP contribution in [0.2, 0.25) is 5.02 Å². The van der Waals surface area contributed by atoms with E-state index in [4.69, 9.17) is 11.6 Å². The zero-order valence-electron chi connectivity index (χ0n) is 34.5. The van der Waals surface area contributed by atoms with Gasteiger partial charge in [-0.25, -0.2) is 9.37 Å². The molecule has 0 saturated carbocycles. The van der Waals surface area contributed by atoms with Gasteiger partial charge in [0.2, 0.25) is 17.8 Å².